The monoisotopic (exact) mass is 290 g/mol. The lowest BCUT2D eigenvalue weighted by Crippen LogP contribution is -2.58. The van der Waals surface area contributed by atoms with Crippen LogP contribution in [0, 0.1) is 0 Å². The summed E-state index contributed by atoms with van der Waals surface area (Å²) in [6.07, 6.45) is -5.35. The highest BCUT2D eigenvalue weighted by Crippen LogP contribution is 2.26. The molecule has 3 N–H and O–H groups in total. The third-order valence-corrected chi connectivity index (χ3v) is 3.78. The summed E-state index contributed by atoms with van der Waals surface area (Å²) in [5.74, 6) is 0.536. The molecule has 2 aromatic rings. The number of ether oxygens (including phenoxy) is 2. The molecule has 21 heavy (non-hydrogen) atoms. The van der Waals surface area contributed by atoms with Crippen LogP contribution in [0.3, 0.4) is 0 Å². The second-order valence-electron chi connectivity index (χ2n) is 5.31. The standard InChI is InChI=1S/C16H18O5/c1-9-13(17)14(18)15(19)16(20-9)21-12-7-6-10-4-2-3-5-11(10)8-12/h2-9,13-19H,1H3/t9-,13-,14-,15-,16-/m0/s1. The summed E-state index contributed by atoms with van der Waals surface area (Å²) in [5.41, 5.74) is 0. The first-order valence-corrected chi connectivity index (χ1v) is 6.91. The summed E-state index contributed by atoms with van der Waals surface area (Å²) in [6.45, 7) is 1.62. The highest BCUT2D eigenvalue weighted by atomic mass is 16.7. The molecule has 5 nitrogen and oxygen atoms in total. The fourth-order valence-electron chi connectivity index (χ4n) is 2.49. The van der Waals surface area contributed by atoms with Gasteiger partial charge >= 0.3 is 0 Å². The van der Waals surface area contributed by atoms with Crippen molar-refractivity contribution in [3.8, 4) is 5.75 Å². The van der Waals surface area contributed by atoms with Gasteiger partial charge in [0, 0.05) is 0 Å². The Morgan fingerprint density at radius 2 is 1.62 bits per heavy atom. The van der Waals surface area contributed by atoms with E-state index in [0.717, 1.165) is 10.8 Å². The molecule has 112 valence electrons. The van der Waals surface area contributed by atoms with Crippen LogP contribution in [0.1, 0.15) is 6.92 Å². The van der Waals surface area contributed by atoms with Crippen LogP contribution in [-0.4, -0.2) is 46.0 Å². The molecule has 1 fully saturated rings. The van der Waals surface area contributed by atoms with E-state index in [4.69, 9.17) is 9.47 Å². The van der Waals surface area contributed by atoms with Gasteiger partial charge in [0.25, 0.3) is 0 Å². The number of fused-ring (bicyclic) bond motifs is 1. The molecule has 2 aromatic carbocycles. The van der Waals surface area contributed by atoms with Crippen molar-refractivity contribution in [3.63, 3.8) is 0 Å². The molecule has 0 bridgehead atoms. The van der Waals surface area contributed by atoms with Crippen molar-refractivity contribution in [3.05, 3.63) is 42.5 Å². The summed E-state index contributed by atoms with van der Waals surface area (Å²) in [5, 5.41) is 31.5. The average Bonchev–Trinajstić information content (AvgIpc) is 2.50. The van der Waals surface area contributed by atoms with Crippen LogP contribution in [0.25, 0.3) is 10.8 Å². The number of rotatable bonds is 2. The van der Waals surface area contributed by atoms with Gasteiger partial charge < -0.3 is 24.8 Å². The van der Waals surface area contributed by atoms with Gasteiger partial charge in [-0.05, 0) is 29.8 Å². The van der Waals surface area contributed by atoms with Gasteiger partial charge in [-0.2, -0.15) is 0 Å². The second kappa shape index (κ2) is 5.61. The molecule has 0 spiro atoms. The molecule has 0 saturated carbocycles. The molecule has 1 aliphatic heterocycles. The van der Waals surface area contributed by atoms with Gasteiger partial charge in [-0.25, -0.2) is 0 Å². The minimum absolute atomic E-state index is 0.536. The molecule has 0 radical (unpaired) electrons. The van der Waals surface area contributed by atoms with Crippen molar-refractivity contribution < 1.29 is 24.8 Å². The molecular formula is C16H18O5. The van der Waals surface area contributed by atoms with E-state index in [2.05, 4.69) is 0 Å². The van der Waals surface area contributed by atoms with Gasteiger partial charge in [-0.3, -0.25) is 0 Å². The Bertz CT molecular complexity index is 629. The Hall–Kier alpha value is -1.66. The SMILES string of the molecule is C[C@@H]1O[C@@H](Oc2ccc3ccccc3c2)[C@@H](O)[C@@H](O)[C@H]1O. The molecule has 0 aromatic heterocycles. The molecule has 1 saturated heterocycles. The van der Waals surface area contributed by atoms with Crippen LogP contribution in [0.4, 0.5) is 0 Å². The molecule has 0 amide bonds. The van der Waals surface area contributed by atoms with Crippen LogP contribution in [0.15, 0.2) is 42.5 Å². The number of hydrogen-bond donors (Lipinski definition) is 3. The molecule has 3 rings (SSSR count). The van der Waals surface area contributed by atoms with E-state index >= 15 is 0 Å². The zero-order valence-corrected chi connectivity index (χ0v) is 11.6. The third kappa shape index (κ3) is 2.73. The van der Waals surface area contributed by atoms with E-state index in [1.54, 1.807) is 13.0 Å². The molecule has 0 aliphatic carbocycles. The molecule has 5 heteroatoms. The van der Waals surface area contributed by atoms with Crippen molar-refractivity contribution in [2.45, 2.75) is 37.6 Å². The quantitative estimate of drug-likeness (QED) is 0.770. The lowest BCUT2D eigenvalue weighted by atomic mass is 10.00. The molecule has 0 unspecified atom stereocenters. The van der Waals surface area contributed by atoms with Crippen LogP contribution < -0.4 is 4.74 Å². The fraction of sp³-hybridized carbons (Fsp3) is 0.375. The molecule has 5 atom stereocenters. The van der Waals surface area contributed by atoms with Crippen LogP contribution >= 0.6 is 0 Å². The normalized spacial score (nSPS) is 33.0. The van der Waals surface area contributed by atoms with Crippen LogP contribution in [-0.2, 0) is 4.74 Å². The zero-order chi connectivity index (χ0) is 15.0. The fourth-order valence-corrected chi connectivity index (χ4v) is 2.49. The highest BCUT2D eigenvalue weighted by Gasteiger charge is 2.43. The maximum absolute atomic E-state index is 9.94. The van der Waals surface area contributed by atoms with E-state index in [9.17, 15) is 15.3 Å². The van der Waals surface area contributed by atoms with Crippen molar-refractivity contribution in [2.75, 3.05) is 0 Å². The predicted molar refractivity (Wildman–Crippen MR) is 76.9 cm³/mol. The zero-order valence-electron chi connectivity index (χ0n) is 11.6. The maximum Gasteiger partial charge on any atom is 0.229 e. The number of aliphatic hydroxyl groups excluding tert-OH is 3. The average molecular weight is 290 g/mol. The molecule has 1 heterocycles. The Kier molecular flexibility index (Phi) is 3.82. The van der Waals surface area contributed by atoms with E-state index < -0.39 is 30.7 Å². The van der Waals surface area contributed by atoms with E-state index in [1.165, 1.54) is 0 Å². The minimum Gasteiger partial charge on any atom is -0.462 e. The molecule has 1 aliphatic rings. The second-order valence-corrected chi connectivity index (χ2v) is 5.31. The van der Waals surface area contributed by atoms with E-state index in [0.29, 0.717) is 5.75 Å². The third-order valence-electron chi connectivity index (χ3n) is 3.78. The summed E-state index contributed by atoms with van der Waals surface area (Å²) in [6, 6.07) is 13.4. The van der Waals surface area contributed by atoms with Crippen molar-refractivity contribution in [2.24, 2.45) is 0 Å². The van der Waals surface area contributed by atoms with Gasteiger partial charge in [0.15, 0.2) is 0 Å². The number of hydrogen-bond acceptors (Lipinski definition) is 5. The Morgan fingerprint density at radius 1 is 0.905 bits per heavy atom. The maximum atomic E-state index is 9.94. The van der Waals surface area contributed by atoms with Crippen LogP contribution in [0.2, 0.25) is 0 Å². The van der Waals surface area contributed by atoms with Crippen molar-refractivity contribution >= 4 is 10.8 Å². The van der Waals surface area contributed by atoms with E-state index in [1.807, 2.05) is 36.4 Å². The first-order valence-electron chi connectivity index (χ1n) is 6.91. The smallest absolute Gasteiger partial charge is 0.229 e. The van der Waals surface area contributed by atoms with Gasteiger partial charge in [-0.15, -0.1) is 0 Å². The summed E-state index contributed by atoms with van der Waals surface area (Å²) < 4.78 is 11.0. The summed E-state index contributed by atoms with van der Waals surface area (Å²) >= 11 is 0. The van der Waals surface area contributed by atoms with Gasteiger partial charge in [0.05, 0.1) is 6.10 Å². The Labute approximate surface area is 122 Å². The van der Waals surface area contributed by atoms with E-state index in [-0.39, 0.29) is 0 Å². The largest absolute Gasteiger partial charge is 0.462 e. The van der Waals surface area contributed by atoms with Crippen LogP contribution in [0.5, 0.6) is 5.75 Å². The lowest BCUT2D eigenvalue weighted by Gasteiger charge is -2.38. The first-order chi connectivity index (χ1) is 10.1. The van der Waals surface area contributed by atoms with Gasteiger partial charge in [0.2, 0.25) is 6.29 Å². The highest BCUT2D eigenvalue weighted by molar-refractivity contribution is 5.83. The first kappa shape index (κ1) is 14.3. The predicted octanol–water partition coefficient (Wildman–Crippen LogP) is 1.05. The lowest BCUT2D eigenvalue weighted by molar-refractivity contribution is -0.268. The number of aliphatic hydroxyl groups is 3. The topological polar surface area (TPSA) is 79.2 Å². The van der Waals surface area contributed by atoms with Crippen molar-refractivity contribution in [1.82, 2.24) is 0 Å². The summed E-state index contributed by atoms with van der Waals surface area (Å²) in [4.78, 5) is 0. The number of benzene rings is 2. The van der Waals surface area contributed by atoms with Gasteiger partial charge in [0.1, 0.15) is 24.1 Å². The minimum atomic E-state index is -1.30. The Morgan fingerprint density at radius 3 is 2.38 bits per heavy atom. The van der Waals surface area contributed by atoms with Crippen molar-refractivity contribution in [1.29, 1.82) is 0 Å². The summed E-state index contributed by atoms with van der Waals surface area (Å²) in [7, 11) is 0. The Balaban J connectivity index is 1.81. The molecular weight excluding hydrogens is 272 g/mol. The van der Waals surface area contributed by atoms with Gasteiger partial charge in [-0.1, -0.05) is 30.3 Å².